The molecule has 0 fully saturated rings. The van der Waals surface area contributed by atoms with Crippen LogP contribution in [0.25, 0.3) is 0 Å². The first-order valence-corrected chi connectivity index (χ1v) is 8.15. The molecule has 1 aromatic heterocycles. The monoisotopic (exact) mass is 310 g/mol. The lowest BCUT2D eigenvalue weighted by molar-refractivity contribution is -0.132. The number of hydrogen-bond donors (Lipinski definition) is 2. The molecule has 2 rings (SSSR count). The highest BCUT2D eigenvalue weighted by atomic mass is 32.1. The highest BCUT2D eigenvalue weighted by molar-refractivity contribution is 7.15. The summed E-state index contributed by atoms with van der Waals surface area (Å²) in [5.74, 6) is 0.198. The van der Waals surface area contributed by atoms with Crippen molar-refractivity contribution in [2.45, 2.75) is 52.6 Å². The standard InChI is InChI=1S/C14H22N4O2S/c1-4-5-12(19)18-7-6-10-11(8-18)21-14(16-10)17-13(20)15-9(2)3/h9H,4-8H2,1-3H3,(H2,15,16,17,20). The molecule has 0 atom stereocenters. The molecule has 1 aromatic rings. The molecule has 116 valence electrons. The summed E-state index contributed by atoms with van der Waals surface area (Å²) in [5, 5.41) is 6.12. The topological polar surface area (TPSA) is 74.3 Å². The van der Waals surface area contributed by atoms with Gasteiger partial charge < -0.3 is 10.2 Å². The van der Waals surface area contributed by atoms with Crippen LogP contribution in [0.3, 0.4) is 0 Å². The second-order valence-electron chi connectivity index (χ2n) is 5.46. The molecule has 0 aliphatic carbocycles. The van der Waals surface area contributed by atoms with Crippen molar-refractivity contribution < 1.29 is 9.59 Å². The number of aromatic nitrogens is 1. The SMILES string of the molecule is CCCC(=O)N1CCc2nc(NC(=O)NC(C)C)sc2C1. The summed E-state index contributed by atoms with van der Waals surface area (Å²) < 4.78 is 0. The van der Waals surface area contributed by atoms with E-state index in [0.717, 1.165) is 23.4 Å². The second kappa shape index (κ2) is 6.89. The summed E-state index contributed by atoms with van der Waals surface area (Å²) in [6, 6.07) is -0.156. The summed E-state index contributed by atoms with van der Waals surface area (Å²) in [6.07, 6.45) is 2.22. The van der Waals surface area contributed by atoms with Crippen molar-refractivity contribution in [1.82, 2.24) is 15.2 Å². The van der Waals surface area contributed by atoms with E-state index in [1.165, 1.54) is 11.3 Å². The van der Waals surface area contributed by atoms with Crippen LogP contribution in [-0.4, -0.2) is 34.4 Å². The Labute approximate surface area is 128 Å². The normalized spacial score (nSPS) is 14.0. The van der Waals surface area contributed by atoms with E-state index in [4.69, 9.17) is 0 Å². The minimum Gasteiger partial charge on any atom is -0.337 e. The van der Waals surface area contributed by atoms with Crippen LogP contribution in [0.2, 0.25) is 0 Å². The predicted octanol–water partition coefficient (Wildman–Crippen LogP) is 2.36. The molecule has 0 spiro atoms. The Kier molecular flexibility index (Phi) is 5.17. The fraction of sp³-hybridized carbons (Fsp3) is 0.643. The highest BCUT2D eigenvalue weighted by Crippen LogP contribution is 2.28. The maximum absolute atomic E-state index is 11.9. The van der Waals surface area contributed by atoms with Gasteiger partial charge in [-0.05, 0) is 20.3 Å². The van der Waals surface area contributed by atoms with E-state index in [-0.39, 0.29) is 18.0 Å². The fourth-order valence-electron chi connectivity index (χ4n) is 2.23. The van der Waals surface area contributed by atoms with Crippen LogP contribution in [-0.2, 0) is 17.8 Å². The number of carbonyl (C=O) groups is 2. The van der Waals surface area contributed by atoms with Crippen LogP contribution in [0.4, 0.5) is 9.93 Å². The van der Waals surface area contributed by atoms with Gasteiger partial charge in [0.1, 0.15) is 0 Å². The lowest BCUT2D eigenvalue weighted by atomic mass is 10.1. The quantitative estimate of drug-likeness (QED) is 0.896. The van der Waals surface area contributed by atoms with Gasteiger partial charge in [0, 0.05) is 30.3 Å². The van der Waals surface area contributed by atoms with Crippen LogP contribution >= 0.6 is 11.3 Å². The lowest BCUT2D eigenvalue weighted by Crippen LogP contribution is -2.35. The summed E-state index contributed by atoms with van der Waals surface area (Å²) >= 11 is 1.45. The first-order chi connectivity index (χ1) is 9.99. The molecule has 7 heteroatoms. The van der Waals surface area contributed by atoms with Crippen LogP contribution in [0.1, 0.15) is 44.2 Å². The van der Waals surface area contributed by atoms with Crippen LogP contribution in [0.15, 0.2) is 0 Å². The third kappa shape index (κ3) is 4.17. The Balaban J connectivity index is 1.99. The molecule has 1 aliphatic rings. The van der Waals surface area contributed by atoms with Crippen LogP contribution < -0.4 is 10.6 Å². The first-order valence-electron chi connectivity index (χ1n) is 7.33. The molecule has 0 unspecified atom stereocenters. The largest absolute Gasteiger partial charge is 0.337 e. The molecule has 0 saturated heterocycles. The van der Waals surface area contributed by atoms with Gasteiger partial charge in [0.15, 0.2) is 5.13 Å². The van der Waals surface area contributed by atoms with Crippen molar-refractivity contribution in [2.75, 3.05) is 11.9 Å². The summed E-state index contributed by atoms with van der Waals surface area (Å²) in [7, 11) is 0. The number of nitrogens with zero attached hydrogens (tertiary/aromatic N) is 2. The van der Waals surface area contributed by atoms with E-state index in [0.29, 0.717) is 24.6 Å². The number of urea groups is 1. The van der Waals surface area contributed by atoms with Gasteiger partial charge in [0.2, 0.25) is 5.91 Å². The van der Waals surface area contributed by atoms with Gasteiger partial charge in [-0.1, -0.05) is 18.3 Å². The molecule has 0 aromatic carbocycles. The van der Waals surface area contributed by atoms with Gasteiger partial charge in [0.05, 0.1) is 12.2 Å². The zero-order chi connectivity index (χ0) is 15.4. The number of fused-ring (bicyclic) bond motifs is 1. The minimum atomic E-state index is -0.241. The third-order valence-electron chi connectivity index (χ3n) is 3.19. The molecular weight excluding hydrogens is 288 g/mol. The molecule has 0 saturated carbocycles. The van der Waals surface area contributed by atoms with E-state index in [1.54, 1.807) is 0 Å². The average Bonchev–Trinajstić information content (AvgIpc) is 2.78. The molecule has 2 N–H and O–H groups in total. The molecule has 2 heterocycles. The number of carbonyl (C=O) groups excluding carboxylic acids is 2. The lowest BCUT2D eigenvalue weighted by Gasteiger charge is -2.25. The Hall–Kier alpha value is -1.63. The molecular formula is C14H22N4O2S. The molecule has 1 aliphatic heterocycles. The van der Waals surface area contributed by atoms with Crippen molar-refractivity contribution in [3.8, 4) is 0 Å². The minimum absolute atomic E-state index is 0.0849. The van der Waals surface area contributed by atoms with Gasteiger partial charge in [0.25, 0.3) is 0 Å². The summed E-state index contributed by atoms with van der Waals surface area (Å²) in [4.78, 5) is 31.0. The zero-order valence-electron chi connectivity index (χ0n) is 12.7. The maximum Gasteiger partial charge on any atom is 0.321 e. The summed E-state index contributed by atoms with van der Waals surface area (Å²) in [5.41, 5.74) is 1.00. The Morgan fingerprint density at radius 3 is 2.86 bits per heavy atom. The van der Waals surface area contributed by atoms with Crippen molar-refractivity contribution in [1.29, 1.82) is 0 Å². The van der Waals surface area contributed by atoms with Gasteiger partial charge >= 0.3 is 6.03 Å². The van der Waals surface area contributed by atoms with Gasteiger partial charge in [-0.15, -0.1) is 0 Å². The molecule has 0 radical (unpaired) electrons. The smallest absolute Gasteiger partial charge is 0.321 e. The zero-order valence-corrected chi connectivity index (χ0v) is 13.5. The van der Waals surface area contributed by atoms with E-state index >= 15 is 0 Å². The number of anilines is 1. The van der Waals surface area contributed by atoms with Crippen LogP contribution in [0, 0.1) is 0 Å². The van der Waals surface area contributed by atoms with E-state index < -0.39 is 0 Å². The van der Waals surface area contributed by atoms with Crippen LogP contribution in [0.5, 0.6) is 0 Å². The molecule has 0 bridgehead atoms. The predicted molar refractivity (Wildman–Crippen MR) is 83.4 cm³/mol. The Bertz CT molecular complexity index is 527. The summed E-state index contributed by atoms with van der Waals surface area (Å²) in [6.45, 7) is 7.15. The first kappa shape index (κ1) is 15.8. The Morgan fingerprint density at radius 2 is 2.19 bits per heavy atom. The van der Waals surface area contributed by atoms with Gasteiger partial charge in [-0.2, -0.15) is 0 Å². The van der Waals surface area contributed by atoms with Crippen molar-refractivity contribution in [2.24, 2.45) is 0 Å². The maximum atomic E-state index is 11.9. The molecule has 6 nitrogen and oxygen atoms in total. The average molecular weight is 310 g/mol. The van der Waals surface area contributed by atoms with E-state index in [1.807, 2.05) is 25.7 Å². The number of thiazole rings is 1. The van der Waals surface area contributed by atoms with Crippen molar-refractivity contribution >= 4 is 28.4 Å². The molecule has 3 amide bonds. The second-order valence-corrected chi connectivity index (χ2v) is 6.54. The number of rotatable bonds is 4. The number of amides is 3. The third-order valence-corrected chi connectivity index (χ3v) is 4.19. The van der Waals surface area contributed by atoms with Crippen molar-refractivity contribution in [3.05, 3.63) is 10.6 Å². The highest BCUT2D eigenvalue weighted by Gasteiger charge is 2.24. The van der Waals surface area contributed by atoms with E-state index in [9.17, 15) is 9.59 Å². The molecule has 21 heavy (non-hydrogen) atoms. The van der Waals surface area contributed by atoms with Crippen molar-refractivity contribution in [3.63, 3.8) is 0 Å². The number of hydrogen-bond acceptors (Lipinski definition) is 4. The van der Waals surface area contributed by atoms with E-state index in [2.05, 4.69) is 15.6 Å². The fourth-order valence-corrected chi connectivity index (χ4v) is 3.25. The van der Waals surface area contributed by atoms with Gasteiger partial charge in [-0.3, -0.25) is 10.1 Å². The number of nitrogens with one attached hydrogen (secondary N) is 2. The van der Waals surface area contributed by atoms with Gasteiger partial charge in [-0.25, -0.2) is 9.78 Å². The Morgan fingerprint density at radius 1 is 1.43 bits per heavy atom.